The quantitative estimate of drug-likeness (QED) is 0.669. The molecule has 1 unspecified atom stereocenters. The molecule has 2 aliphatic rings. The normalized spacial score (nSPS) is 18.2. The van der Waals surface area contributed by atoms with Gasteiger partial charge in [-0.05, 0) is 28.7 Å². The summed E-state index contributed by atoms with van der Waals surface area (Å²) >= 11 is 0. The van der Waals surface area contributed by atoms with E-state index in [1.165, 1.54) is 0 Å². The molecule has 0 bridgehead atoms. The Hall–Kier alpha value is -3.39. The van der Waals surface area contributed by atoms with Crippen molar-refractivity contribution in [1.29, 1.82) is 0 Å². The Morgan fingerprint density at radius 2 is 1.76 bits per heavy atom. The van der Waals surface area contributed by atoms with Crippen molar-refractivity contribution in [3.8, 4) is 11.1 Å². The standard InChI is InChI=1S/C25H28N2O6/c1-2-22(24(30)27-11-12-32-16(14-27)13-23(28)29)26-25(31)33-15-21-19-9-5-3-7-17(19)18-8-4-6-10-20(18)21/h3-10,16,21-22H,2,11-15H2,1H3,(H,26,31)(H,28,29)/t16?,22-/m1/s1. The van der Waals surface area contributed by atoms with Crippen molar-refractivity contribution in [1.82, 2.24) is 10.2 Å². The maximum absolute atomic E-state index is 12.9. The summed E-state index contributed by atoms with van der Waals surface area (Å²) in [5.74, 6) is -1.29. The van der Waals surface area contributed by atoms with Crippen molar-refractivity contribution in [3.63, 3.8) is 0 Å². The van der Waals surface area contributed by atoms with Crippen LogP contribution in [0.15, 0.2) is 48.5 Å². The van der Waals surface area contributed by atoms with Gasteiger partial charge in [0.05, 0.1) is 19.1 Å². The van der Waals surface area contributed by atoms with Crippen molar-refractivity contribution in [2.24, 2.45) is 0 Å². The van der Waals surface area contributed by atoms with Gasteiger partial charge >= 0.3 is 12.1 Å². The van der Waals surface area contributed by atoms with Crippen LogP contribution < -0.4 is 5.32 Å². The molecule has 1 aliphatic heterocycles. The van der Waals surface area contributed by atoms with E-state index in [9.17, 15) is 14.4 Å². The molecule has 2 N–H and O–H groups in total. The lowest BCUT2D eigenvalue weighted by atomic mass is 9.98. The monoisotopic (exact) mass is 452 g/mol. The molecule has 1 saturated heterocycles. The number of ether oxygens (including phenoxy) is 2. The van der Waals surface area contributed by atoms with Gasteiger partial charge in [-0.3, -0.25) is 9.59 Å². The molecular formula is C25H28N2O6. The van der Waals surface area contributed by atoms with E-state index in [2.05, 4.69) is 17.4 Å². The van der Waals surface area contributed by atoms with E-state index in [4.69, 9.17) is 14.6 Å². The van der Waals surface area contributed by atoms with E-state index in [1.807, 2.05) is 43.3 Å². The molecule has 0 saturated carbocycles. The number of hydrogen-bond donors (Lipinski definition) is 2. The topological polar surface area (TPSA) is 105 Å². The van der Waals surface area contributed by atoms with Crippen molar-refractivity contribution in [2.45, 2.75) is 37.8 Å². The highest BCUT2D eigenvalue weighted by Crippen LogP contribution is 2.44. The van der Waals surface area contributed by atoms with Crippen LogP contribution in [-0.2, 0) is 19.1 Å². The molecule has 0 spiro atoms. The highest BCUT2D eigenvalue weighted by Gasteiger charge is 2.32. The van der Waals surface area contributed by atoms with E-state index in [-0.39, 0.29) is 38.0 Å². The van der Waals surface area contributed by atoms with Crippen molar-refractivity contribution in [3.05, 3.63) is 59.7 Å². The van der Waals surface area contributed by atoms with Crippen LogP contribution in [0.1, 0.15) is 36.8 Å². The van der Waals surface area contributed by atoms with Crippen LogP contribution >= 0.6 is 0 Å². The van der Waals surface area contributed by atoms with Crippen molar-refractivity contribution >= 4 is 18.0 Å². The van der Waals surface area contributed by atoms with Crippen LogP contribution in [-0.4, -0.2) is 66.4 Å². The number of carbonyl (C=O) groups excluding carboxylic acids is 2. The molecule has 8 heteroatoms. The predicted octanol–water partition coefficient (Wildman–Crippen LogP) is 3.01. The minimum absolute atomic E-state index is 0.0602. The number of carboxylic acids is 1. The third-order valence-electron chi connectivity index (χ3n) is 6.19. The lowest BCUT2D eigenvalue weighted by Gasteiger charge is -2.34. The fourth-order valence-electron chi connectivity index (χ4n) is 4.58. The van der Waals surface area contributed by atoms with E-state index in [0.717, 1.165) is 22.3 Å². The Bertz CT molecular complexity index is 994. The van der Waals surface area contributed by atoms with Crippen LogP contribution in [0.4, 0.5) is 4.79 Å². The fraction of sp³-hybridized carbons (Fsp3) is 0.400. The number of amides is 2. The molecule has 33 heavy (non-hydrogen) atoms. The first kappa shape index (κ1) is 22.8. The molecule has 1 heterocycles. The number of alkyl carbamates (subject to hydrolysis) is 1. The van der Waals surface area contributed by atoms with Crippen molar-refractivity contribution < 1.29 is 29.0 Å². The number of nitrogens with one attached hydrogen (secondary N) is 1. The number of nitrogens with zero attached hydrogens (tertiary/aromatic N) is 1. The van der Waals surface area contributed by atoms with Gasteiger partial charge in [0.1, 0.15) is 12.6 Å². The number of morpholine rings is 1. The number of aliphatic carboxylic acids is 1. The fourth-order valence-corrected chi connectivity index (χ4v) is 4.58. The highest BCUT2D eigenvalue weighted by molar-refractivity contribution is 5.86. The van der Waals surface area contributed by atoms with Gasteiger partial charge in [0.15, 0.2) is 0 Å². The summed E-state index contributed by atoms with van der Waals surface area (Å²) in [6, 6.07) is 15.4. The van der Waals surface area contributed by atoms with Crippen LogP contribution in [0, 0.1) is 0 Å². The predicted molar refractivity (Wildman–Crippen MR) is 121 cm³/mol. The SMILES string of the molecule is CC[C@@H](NC(=O)OCC1c2ccccc2-c2ccccc21)C(=O)N1CCOC(CC(=O)O)C1. The molecule has 1 fully saturated rings. The number of fused-ring (bicyclic) bond motifs is 3. The first-order chi connectivity index (χ1) is 16.0. The minimum Gasteiger partial charge on any atom is -0.481 e. The molecule has 174 valence electrons. The summed E-state index contributed by atoms with van der Waals surface area (Å²) in [4.78, 5) is 38.0. The highest BCUT2D eigenvalue weighted by atomic mass is 16.5. The molecule has 2 aromatic rings. The van der Waals surface area contributed by atoms with E-state index >= 15 is 0 Å². The Morgan fingerprint density at radius 1 is 1.12 bits per heavy atom. The summed E-state index contributed by atoms with van der Waals surface area (Å²) in [7, 11) is 0. The third-order valence-corrected chi connectivity index (χ3v) is 6.19. The average molecular weight is 453 g/mol. The lowest BCUT2D eigenvalue weighted by Crippen LogP contribution is -2.53. The number of rotatable bonds is 7. The number of benzene rings is 2. The van der Waals surface area contributed by atoms with E-state index in [0.29, 0.717) is 13.0 Å². The Morgan fingerprint density at radius 3 is 2.36 bits per heavy atom. The maximum atomic E-state index is 12.9. The smallest absolute Gasteiger partial charge is 0.407 e. The number of hydrogen-bond acceptors (Lipinski definition) is 5. The van der Waals surface area contributed by atoms with Gasteiger partial charge in [0.2, 0.25) is 5.91 Å². The van der Waals surface area contributed by atoms with Crippen LogP contribution in [0.2, 0.25) is 0 Å². The summed E-state index contributed by atoms with van der Waals surface area (Å²) < 4.78 is 11.0. The number of carbonyl (C=O) groups is 3. The molecule has 2 atom stereocenters. The lowest BCUT2D eigenvalue weighted by molar-refractivity contribution is -0.148. The molecule has 4 rings (SSSR count). The molecular weight excluding hydrogens is 424 g/mol. The summed E-state index contributed by atoms with van der Waals surface area (Å²) in [5, 5.41) is 11.7. The van der Waals surface area contributed by atoms with Gasteiger partial charge in [-0.1, -0.05) is 55.5 Å². The van der Waals surface area contributed by atoms with Gasteiger partial charge in [-0.2, -0.15) is 0 Å². The van der Waals surface area contributed by atoms with E-state index in [1.54, 1.807) is 4.90 Å². The van der Waals surface area contributed by atoms with Crippen LogP contribution in [0.5, 0.6) is 0 Å². The molecule has 1 aliphatic carbocycles. The third kappa shape index (κ3) is 5.01. The maximum Gasteiger partial charge on any atom is 0.407 e. The largest absolute Gasteiger partial charge is 0.481 e. The molecule has 0 aromatic heterocycles. The van der Waals surface area contributed by atoms with Gasteiger partial charge in [-0.25, -0.2) is 4.79 Å². The van der Waals surface area contributed by atoms with Crippen LogP contribution in [0.25, 0.3) is 11.1 Å². The zero-order valence-electron chi connectivity index (χ0n) is 18.5. The Labute approximate surface area is 192 Å². The zero-order valence-corrected chi connectivity index (χ0v) is 18.5. The average Bonchev–Trinajstić information content (AvgIpc) is 3.14. The first-order valence-electron chi connectivity index (χ1n) is 11.2. The summed E-state index contributed by atoms with van der Waals surface area (Å²) in [6.07, 6.45) is -0.968. The second-order valence-corrected chi connectivity index (χ2v) is 8.31. The molecule has 2 aromatic carbocycles. The van der Waals surface area contributed by atoms with Crippen molar-refractivity contribution in [2.75, 3.05) is 26.3 Å². The van der Waals surface area contributed by atoms with Crippen LogP contribution in [0.3, 0.4) is 0 Å². The molecule has 2 amide bonds. The minimum atomic E-state index is -0.974. The second kappa shape index (κ2) is 10.0. The Balaban J connectivity index is 1.36. The van der Waals surface area contributed by atoms with Gasteiger partial charge in [-0.15, -0.1) is 0 Å². The molecule has 8 nitrogen and oxygen atoms in total. The summed E-state index contributed by atoms with van der Waals surface area (Å²) in [5.41, 5.74) is 4.53. The number of carboxylic acid groups (broad SMARTS) is 1. The van der Waals surface area contributed by atoms with Gasteiger partial charge in [0, 0.05) is 19.0 Å². The summed E-state index contributed by atoms with van der Waals surface area (Å²) in [6.45, 7) is 2.79. The zero-order chi connectivity index (χ0) is 23.4. The first-order valence-corrected chi connectivity index (χ1v) is 11.2. The Kier molecular flexibility index (Phi) is 6.93. The second-order valence-electron chi connectivity index (χ2n) is 8.31. The van der Waals surface area contributed by atoms with Gasteiger partial charge in [0.25, 0.3) is 0 Å². The van der Waals surface area contributed by atoms with Gasteiger partial charge < -0.3 is 24.8 Å². The van der Waals surface area contributed by atoms with E-state index < -0.39 is 24.2 Å². The molecule has 0 radical (unpaired) electrons.